The molecular formula is C24H20BrClN4O2S. The van der Waals surface area contributed by atoms with Crippen LogP contribution in [0, 0.1) is 0 Å². The summed E-state index contributed by atoms with van der Waals surface area (Å²) < 4.78 is 8.35. The molecule has 0 unspecified atom stereocenters. The average molecular weight is 544 g/mol. The Bertz CT molecular complexity index is 1250. The summed E-state index contributed by atoms with van der Waals surface area (Å²) in [4.78, 5) is 12.6. The number of aromatic nitrogens is 3. The van der Waals surface area contributed by atoms with Gasteiger partial charge in [-0.2, -0.15) is 0 Å². The number of nitrogens with zero attached hydrogens (tertiary/aromatic N) is 3. The number of carbonyl (C=O) groups excluding carboxylic acids is 1. The average Bonchev–Trinajstić information content (AvgIpc) is 3.25. The highest BCUT2D eigenvalue weighted by atomic mass is 79.9. The van der Waals surface area contributed by atoms with Gasteiger partial charge in [0.05, 0.1) is 23.1 Å². The Hall–Kier alpha value is -2.81. The van der Waals surface area contributed by atoms with Crippen molar-refractivity contribution in [2.24, 2.45) is 0 Å². The molecule has 0 saturated carbocycles. The van der Waals surface area contributed by atoms with Gasteiger partial charge in [-0.15, -0.1) is 10.2 Å². The summed E-state index contributed by atoms with van der Waals surface area (Å²) in [6, 6.07) is 22.8. The molecule has 0 fully saturated rings. The van der Waals surface area contributed by atoms with Gasteiger partial charge in [0.25, 0.3) is 0 Å². The van der Waals surface area contributed by atoms with E-state index < -0.39 is 0 Å². The van der Waals surface area contributed by atoms with Crippen LogP contribution in [0.4, 0.5) is 5.69 Å². The Balaban J connectivity index is 1.58. The SMILES string of the molecule is CCOc1ccc(-n2c(SCC(=O)Nc3ccc(Br)cc3Cl)nnc2-c2ccccc2)cc1. The topological polar surface area (TPSA) is 69.0 Å². The minimum absolute atomic E-state index is 0.149. The summed E-state index contributed by atoms with van der Waals surface area (Å²) in [5.74, 6) is 1.44. The summed E-state index contributed by atoms with van der Waals surface area (Å²) in [6.45, 7) is 2.54. The lowest BCUT2D eigenvalue weighted by Gasteiger charge is -2.12. The third kappa shape index (κ3) is 5.76. The van der Waals surface area contributed by atoms with E-state index in [4.69, 9.17) is 16.3 Å². The van der Waals surface area contributed by atoms with Crippen LogP contribution in [0.1, 0.15) is 6.92 Å². The number of nitrogens with one attached hydrogen (secondary N) is 1. The fraction of sp³-hybridized carbons (Fsp3) is 0.125. The predicted molar refractivity (Wildman–Crippen MR) is 136 cm³/mol. The summed E-state index contributed by atoms with van der Waals surface area (Å²) in [6.07, 6.45) is 0. The second-order valence-corrected chi connectivity index (χ2v) is 9.16. The van der Waals surface area contributed by atoms with Crippen molar-refractivity contribution in [1.29, 1.82) is 0 Å². The molecular weight excluding hydrogens is 524 g/mol. The maximum Gasteiger partial charge on any atom is 0.234 e. The van der Waals surface area contributed by atoms with Crippen molar-refractivity contribution in [3.63, 3.8) is 0 Å². The maximum atomic E-state index is 12.6. The molecule has 0 bridgehead atoms. The maximum absolute atomic E-state index is 12.6. The van der Waals surface area contributed by atoms with Crippen LogP contribution in [-0.2, 0) is 4.79 Å². The fourth-order valence-corrected chi connectivity index (χ4v) is 4.61. The van der Waals surface area contributed by atoms with E-state index in [1.54, 1.807) is 12.1 Å². The Morgan fingerprint density at radius 3 is 2.55 bits per heavy atom. The molecule has 0 spiro atoms. The Kier molecular flexibility index (Phi) is 7.69. The first kappa shape index (κ1) is 23.4. The summed E-state index contributed by atoms with van der Waals surface area (Å²) in [5.41, 5.74) is 2.36. The van der Waals surface area contributed by atoms with Crippen LogP contribution >= 0.6 is 39.3 Å². The summed E-state index contributed by atoms with van der Waals surface area (Å²) in [7, 11) is 0. The minimum atomic E-state index is -0.188. The van der Waals surface area contributed by atoms with E-state index in [0.717, 1.165) is 21.5 Å². The summed E-state index contributed by atoms with van der Waals surface area (Å²) >= 11 is 10.9. The first-order chi connectivity index (χ1) is 16.0. The van der Waals surface area contributed by atoms with Crippen LogP contribution in [-0.4, -0.2) is 33.0 Å². The van der Waals surface area contributed by atoms with Gasteiger partial charge in [0.15, 0.2) is 11.0 Å². The van der Waals surface area contributed by atoms with E-state index in [2.05, 4.69) is 31.4 Å². The van der Waals surface area contributed by atoms with E-state index >= 15 is 0 Å². The number of hydrogen-bond acceptors (Lipinski definition) is 5. The van der Waals surface area contributed by atoms with E-state index in [1.165, 1.54) is 11.8 Å². The zero-order chi connectivity index (χ0) is 23.2. The standard InChI is InChI=1S/C24H20BrClN4O2S/c1-2-32-19-11-9-18(10-12-19)30-23(16-6-4-3-5-7-16)28-29-24(30)33-15-22(31)27-21-13-8-17(25)14-20(21)26/h3-14H,2,15H2,1H3,(H,27,31). The summed E-state index contributed by atoms with van der Waals surface area (Å²) in [5, 5.41) is 12.7. The van der Waals surface area contributed by atoms with Crippen LogP contribution in [0.15, 0.2) is 82.4 Å². The van der Waals surface area contributed by atoms with Crippen molar-refractivity contribution >= 4 is 50.9 Å². The van der Waals surface area contributed by atoms with Gasteiger partial charge in [0, 0.05) is 15.7 Å². The lowest BCUT2D eigenvalue weighted by molar-refractivity contribution is -0.113. The molecule has 4 rings (SSSR count). The van der Waals surface area contributed by atoms with E-state index in [9.17, 15) is 4.79 Å². The smallest absolute Gasteiger partial charge is 0.234 e. The van der Waals surface area contributed by atoms with E-state index in [1.807, 2.05) is 72.2 Å². The Labute approximate surface area is 209 Å². The number of halogens is 2. The van der Waals surface area contributed by atoms with Gasteiger partial charge in [-0.1, -0.05) is 69.6 Å². The van der Waals surface area contributed by atoms with Crippen molar-refractivity contribution in [1.82, 2.24) is 14.8 Å². The number of anilines is 1. The van der Waals surface area contributed by atoms with Crippen LogP contribution < -0.4 is 10.1 Å². The second kappa shape index (κ2) is 10.9. The molecule has 6 nitrogen and oxygen atoms in total. The highest BCUT2D eigenvalue weighted by molar-refractivity contribution is 9.10. The number of benzene rings is 3. The minimum Gasteiger partial charge on any atom is -0.494 e. The van der Waals surface area contributed by atoms with Crippen molar-refractivity contribution in [3.8, 4) is 22.8 Å². The molecule has 1 heterocycles. The van der Waals surface area contributed by atoms with Crippen LogP contribution in [0.3, 0.4) is 0 Å². The molecule has 0 saturated heterocycles. The lowest BCUT2D eigenvalue weighted by atomic mass is 10.2. The number of carbonyl (C=O) groups is 1. The van der Waals surface area contributed by atoms with Gasteiger partial charge in [0.1, 0.15) is 5.75 Å². The van der Waals surface area contributed by atoms with Crippen LogP contribution in [0.2, 0.25) is 5.02 Å². The number of rotatable bonds is 8. The molecule has 33 heavy (non-hydrogen) atoms. The molecule has 168 valence electrons. The van der Waals surface area contributed by atoms with Crippen molar-refractivity contribution in [2.45, 2.75) is 12.1 Å². The number of hydrogen-bond donors (Lipinski definition) is 1. The van der Waals surface area contributed by atoms with Gasteiger partial charge >= 0.3 is 0 Å². The van der Waals surface area contributed by atoms with Crippen molar-refractivity contribution in [3.05, 3.63) is 82.3 Å². The molecule has 1 N–H and O–H groups in total. The molecule has 1 amide bonds. The van der Waals surface area contributed by atoms with E-state index in [-0.39, 0.29) is 11.7 Å². The molecule has 0 aliphatic rings. The largest absolute Gasteiger partial charge is 0.494 e. The molecule has 0 atom stereocenters. The van der Waals surface area contributed by atoms with Gasteiger partial charge in [-0.25, -0.2) is 0 Å². The van der Waals surface area contributed by atoms with Crippen LogP contribution in [0.25, 0.3) is 17.1 Å². The predicted octanol–water partition coefficient (Wildman–Crippen LogP) is 6.48. The monoisotopic (exact) mass is 542 g/mol. The van der Waals surface area contributed by atoms with Crippen molar-refractivity contribution < 1.29 is 9.53 Å². The van der Waals surface area contributed by atoms with Gasteiger partial charge in [0.2, 0.25) is 5.91 Å². The quantitative estimate of drug-likeness (QED) is 0.258. The van der Waals surface area contributed by atoms with E-state index in [0.29, 0.717) is 28.3 Å². The van der Waals surface area contributed by atoms with Gasteiger partial charge in [-0.3, -0.25) is 9.36 Å². The molecule has 0 aliphatic heterocycles. The fourth-order valence-electron chi connectivity index (χ4n) is 3.14. The first-order valence-electron chi connectivity index (χ1n) is 10.2. The molecule has 0 radical (unpaired) electrons. The van der Waals surface area contributed by atoms with Crippen molar-refractivity contribution in [2.75, 3.05) is 17.7 Å². The van der Waals surface area contributed by atoms with Gasteiger partial charge in [-0.05, 0) is 49.4 Å². The molecule has 9 heteroatoms. The normalized spacial score (nSPS) is 10.8. The third-order valence-corrected chi connectivity index (χ3v) is 6.34. The highest BCUT2D eigenvalue weighted by Crippen LogP contribution is 2.30. The zero-order valence-electron chi connectivity index (χ0n) is 17.7. The Morgan fingerprint density at radius 1 is 1.09 bits per heavy atom. The number of ether oxygens (including phenoxy) is 1. The highest BCUT2D eigenvalue weighted by Gasteiger charge is 2.18. The third-order valence-electron chi connectivity index (χ3n) is 4.61. The number of amides is 1. The van der Waals surface area contributed by atoms with Gasteiger partial charge < -0.3 is 10.1 Å². The van der Waals surface area contributed by atoms with Crippen LogP contribution in [0.5, 0.6) is 5.75 Å². The molecule has 1 aromatic heterocycles. The number of thioether (sulfide) groups is 1. The molecule has 4 aromatic rings. The zero-order valence-corrected chi connectivity index (χ0v) is 20.8. The first-order valence-corrected chi connectivity index (χ1v) is 12.3. The Morgan fingerprint density at radius 2 is 1.85 bits per heavy atom. The lowest BCUT2D eigenvalue weighted by Crippen LogP contribution is -2.15. The molecule has 3 aromatic carbocycles. The molecule has 0 aliphatic carbocycles. The second-order valence-electron chi connectivity index (χ2n) is 6.90.